The Morgan fingerprint density at radius 3 is 2.69 bits per heavy atom. The van der Waals surface area contributed by atoms with E-state index in [9.17, 15) is 9.59 Å². The number of aryl methyl sites for hydroxylation is 1. The van der Waals surface area contributed by atoms with Gasteiger partial charge in [0.25, 0.3) is 5.91 Å². The molecule has 5 rings (SSSR count). The molecule has 0 aliphatic heterocycles. The number of rotatable bonds is 5. The van der Waals surface area contributed by atoms with Gasteiger partial charge in [-0.25, -0.2) is 14.6 Å². The second-order valence-corrected chi connectivity index (χ2v) is 10.7. The Morgan fingerprint density at radius 1 is 1.21 bits per heavy atom. The van der Waals surface area contributed by atoms with E-state index in [-0.39, 0.29) is 11.8 Å². The van der Waals surface area contributed by atoms with Gasteiger partial charge in [0.2, 0.25) is 5.91 Å². The average molecular weight is 560 g/mol. The molecule has 3 aromatic heterocycles. The Kier molecular flexibility index (Phi) is 7.48. The van der Waals surface area contributed by atoms with E-state index >= 15 is 0 Å². The third kappa shape index (κ3) is 5.43. The van der Waals surface area contributed by atoms with Gasteiger partial charge in [-0.3, -0.25) is 14.5 Å². The number of carbonyl (C=O) groups excluding carboxylic acids is 2. The van der Waals surface area contributed by atoms with Crippen LogP contribution in [0, 0.1) is 11.8 Å². The smallest absolute Gasteiger partial charge is 0.251 e. The Balaban J connectivity index is 1.64. The second-order valence-electron chi connectivity index (χ2n) is 9.28. The largest absolute Gasteiger partial charge is 0.355 e. The maximum absolute atomic E-state index is 12.2. The van der Waals surface area contributed by atoms with E-state index in [2.05, 4.69) is 32.4 Å². The zero-order chi connectivity index (χ0) is 27.7. The molecule has 2 N–H and O–H groups in total. The van der Waals surface area contributed by atoms with Gasteiger partial charge >= 0.3 is 0 Å². The molecule has 0 bridgehead atoms. The van der Waals surface area contributed by atoms with E-state index in [0.29, 0.717) is 46.5 Å². The lowest BCUT2D eigenvalue weighted by Gasteiger charge is -2.15. The summed E-state index contributed by atoms with van der Waals surface area (Å²) < 4.78 is 1.80. The van der Waals surface area contributed by atoms with Crippen LogP contribution in [0.25, 0.3) is 27.5 Å². The van der Waals surface area contributed by atoms with Crippen LogP contribution in [0.1, 0.15) is 34.2 Å². The first-order valence-corrected chi connectivity index (χ1v) is 13.5. The topological polar surface area (TPSA) is 105 Å². The van der Waals surface area contributed by atoms with Crippen LogP contribution in [0.4, 0.5) is 5.13 Å². The molecule has 0 spiro atoms. The molecule has 11 heteroatoms. The van der Waals surface area contributed by atoms with Crippen molar-refractivity contribution in [2.75, 3.05) is 33.0 Å². The van der Waals surface area contributed by atoms with Crippen molar-refractivity contribution in [3.05, 3.63) is 64.1 Å². The van der Waals surface area contributed by atoms with Crippen molar-refractivity contribution in [2.45, 2.75) is 19.8 Å². The lowest BCUT2D eigenvalue weighted by molar-refractivity contribution is -0.114. The lowest BCUT2D eigenvalue weighted by atomic mass is 9.95. The average Bonchev–Trinajstić information content (AvgIpc) is 3.49. The van der Waals surface area contributed by atoms with Crippen molar-refractivity contribution in [1.82, 2.24) is 30.0 Å². The fraction of sp³-hybridized carbons (Fsp3) is 0.250. The number of carbonyl (C=O) groups is 2. The highest BCUT2D eigenvalue weighted by atomic mass is 35.5. The van der Waals surface area contributed by atoms with Crippen molar-refractivity contribution >= 4 is 39.9 Å². The monoisotopic (exact) mass is 559 g/mol. The highest BCUT2D eigenvalue weighted by Gasteiger charge is 2.30. The number of aromatic nitrogens is 4. The molecule has 0 radical (unpaired) electrons. The molecule has 1 aliphatic rings. The summed E-state index contributed by atoms with van der Waals surface area (Å²) in [6.07, 6.45) is 3.20. The molecule has 1 aromatic carbocycles. The summed E-state index contributed by atoms with van der Waals surface area (Å²) in [5.74, 6) is 5.78. The van der Waals surface area contributed by atoms with Gasteiger partial charge in [-0.15, -0.1) is 0 Å². The van der Waals surface area contributed by atoms with E-state index in [0.717, 1.165) is 33.1 Å². The van der Waals surface area contributed by atoms with E-state index in [4.69, 9.17) is 16.7 Å². The first-order valence-electron chi connectivity index (χ1n) is 12.3. The van der Waals surface area contributed by atoms with Crippen molar-refractivity contribution in [3.63, 3.8) is 0 Å². The molecular weight excluding hydrogens is 534 g/mol. The molecule has 2 amide bonds. The SMILES string of the molecule is CNC(=O)c1ccc(-n2nc(-c3ccc(C#CCN(C)C)nc3)c3c2-c2sc(NC(C)=O)nc2CC3)c(Cl)c1. The van der Waals surface area contributed by atoms with Crippen molar-refractivity contribution in [3.8, 4) is 39.4 Å². The minimum Gasteiger partial charge on any atom is -0.355 e. The zero-order valence-electron chi connectivity index (χ0n) is 21.9. The van der Waals surface area contributed by atoms with Gasteiger partial charge in [-0.2, -0.15) is 5.10 Å². The first kappa shape index (κ1) is 26.6. The number of pyridine rings is 1. The minimum atomic E-state index is -0.226. The van der Waals surface area contributed by atoms with Crippen molar-refractivity contribution in [2.24, 2.45) is 0 Å². The first-order chi connectivity index (χ1) is 18.7. The normalized spacial score (nSPS) is 11.8. The van der Waals surface area contributed by atoms with Crippen LogP contribution >= 0.6 is 22.9 Å². The number of nitrogens with one attached hydrogen (secondary N) is 2. The highest BCUT2D eigenvalue weighted by Crippen LogP contribution is 2.44. The Labute approximate surface area is 235 Å². The summed E-state index contributed by atoms with van der Waals surface area (Å²) in [7, 11) is 5.51. The number of thiazole rings is 1. The Hall–Kier alpha value is -4.04. The van der Waals surface area contributed by atoms with Gasteiger partial charge in [-0.1, -0.05) is 28.9 Å². The van der Waals surface area contributed by atoms with Crippen LogP contribution in [0.15, 0.2) is 36.5 Å². The van der Waals surface area contributed by atoms with Crippen molar-refractivity contribution < 1.29 is 9.59 Å². The van der Waals surface area contributed by atoms with Gasteiger partial charge < -0.3 is 10.6 Å². The fourth-order valence-electron chi connectivity index (χ4n) is 4.34. The molecule has 0 fully saturated rings. The molecular formula is C28H26ClN7O2S. The van der Waals surface area contributed by atoms with Crippen LogP contribution in [0.2, 0.25) is 5.02 Å². The fourth-order valence-corrected chi connectivity index (χ4v) is 5.72. The number of hydrogen-bond acceptors (Lipinski definition) is 7. The number of benzene rings is 1. The van der Waals surface area contributed by atoms with E-state index in [1.54, 1.807) is 36.1 Å². The second kappa shape index (κ2) is 11.0. The van der Waals surface area contributed by atoms with Gasteiger partial charge in [0.05, 0.1) is 39.2 Å². The van der Waals surface area contributed by atoms with Gasteiger partial charge in [0.15, 0.2) is 5.13 Å². The molecule has 0 saturated heterocycles. The number of amides is 2. The summed E-state index contributed by atoms with van der Waals surface area (Å²) in [5.41, 5.74) is 6.22. The molecule has 0 atom stereocenters. The minimum absolute atomic E-state index is 0.178. The molecule has 3 heterocycles. The van der Waals surface area contributed by atoms with Crippen LogP contribution in [-0.2, 0) is 17.6 Å². The molecule has 0 unspecified atom stereocenters. The van der Waals surface area contributed by atoms with Crippen LogP contribution in [-0.4, -0.2) is 64.2 Å². The number of fused-ring (bicyclic) bond motifs is 3. The van der Waals surface area contributed by atoms with Crippen LogP contribution < -0.4 is 10.6 Å². The molecule has 39 heavy (non-hydrogen) atoms. The zero-order valence-corrected chi connectivity index (χ0v) is 23.5. The summed E-state index contributed by atoms with van der Waals surface area (Å²) >= 11 is 8.12. The van der Waals surface area contributed by atoms with Gasteiger partial charge in [-0.05, 0) is 63.2 Å². The van der Waals surface area contributed by atoms with Crippen LogP contribution in [0.5, 0.6) is 0 Å². The Morgan fingerprint density at radius 2 is 2.03 bits per heavy atom. The maximum atomic E-state index is 12.2. The highest BCUT2D eigenvalue weighted by molar-refractivity contribution is 7.19. The number of halogens is 1. The van der Waals surface area contributed by atoms with Gasteiger partial charge in [0, 0.05) is 36.9 Å². The maximum Gasteiger partial charge on any atom is 0.251 e. The molecule has 1 aliphatic carbocycles. The molecule has 0 saturated carbocycles. The Bertz CT molecular complexity index is 1640. The predicted octanol–water partition coefficient (Wildman–Crippen LogP) is 4.04. The number of anilines is 1. The number of hydrogen-bond donors (Lipinski definition) is 2. The summed E-state index contributed by atoms with van der Waals surface area (Å²) in [6, 6.07) is 9.00. The van der Waals surface area contributed by atoms with E-state index < -0.39 is 0 Å². The molecule has 198 valence electrons. The summed E-state index contributed by atoms with van der Waals surface area (Å²) in [6.45, 7) is 2.11. The number of nitrogens with zero attached hydrogens (tertiary/aromatic N) is 5. The van der Waals surface area contributed by atoms with Crippen LogP contribution in [0.3, 0.4) is 0 Å². The van der Waals surface area contributed by atoms with Crippen molar-refractivity contribution in [1.29, 1.82) is 0 Å². The van der Waals surface area contributed by atoms with Gasteiger partial charge in [0.1, 0.15) is 5.69 Å². The third-order valence-electron chi connectivity index (χ3n) is 6.10. The summed E-state index contributed by atoms with van der Waals surface area (Å²) in [5, 5.41) is 11.4. The summed E-state index contributed by atoms with van der Waals surface area (Å²) in [4.78, 5) is 36.0. The standard InChI is InChI=1S/C28H26ClN7O2S/c1-16(37)32-28-33-22-11-10-20-24(18-7-9-19(31-15-18)6-5-13-35(3)4)34-36(25(20)26(22)39-28)23-12-8-17(14-21(23)29)27(38)30-2/h7-9,12,14-15H,10-11,13H2,1-4H3,(H,30,38)(H,32,33,37). The quantitative estimate of drug-likeness (QED) is 0.358. The lowest BCUT2D eigenvalue weighted by Crippen LogP contribution is -2.17. The van der Waals surface area contributed by atoms with E-state index in [1.807, 2.05) is 31.1 Å². The predicted molar refractivity (Wildman–Crippen MR) is 153 cm³/mol. The molecule has 4 aromatic rings. The third-order valence-corrected chi connectivity index (χ3v) is 7.43. The van der Waals surface area contributed by atoms with E-state index in [1.165, 1.54) is 18.3 Å². The molecule has 9 nitrogen and oxygen atoms in total.